The number of ether oxygens (including phenoxy) is 1. The number of anilines is 1. The van der Waals surface area contributed by atoms with Crippen molar-refractivity contribution < 1.29 is 9.13 Å². The number of aromatic nitrogens is 4. The predicted octanol–water partition coefficient (Wildman–Crippen LogP) is 3.26. The maximum absolute atomic E-state index is 14.0. The Bertz CT molecular complexity index is 878. The largest absolute Gasteiger partial charge is 0.381 e. The Morgan fingerprint density at radius 3 is 3.12 bits per heavy atom. The van der Waals surface area contributed by atoms with E-state index in [-0.39, 0.29) is 5.82 Å². The number of nitrogens with one attached hydrogen (secondary N) is 2. The number of H-pyrrole nitrogens is 1. The first-order chi connectivity index (χ1) is 11.7. The molecular weight excluding hydrogens is 333 g/mol. The third-order valence-corrected chi connectivity index (χ3v) is 4.27. The third kappa shape index (κ3) is 2.92. The van der Waals surface area contributed by atoms with Crippen LogP contribution in [0.2, 0.25) is 5.02 Å². The second-order valence-corrected chi connectivity index (χ2v) is 6.19. The molecule has 0 saturated carbocycles. The number of halogens is 2. The first-order valence-electron chi connectivity index (χ1n) is 7.68. The Balaban J connectivity index is 1.65. The highest BCUT2D eigenvalue weighted by atomic mass is 35.5. The van der Waals surface area contributed by atoms with E-state index in [9.17, 15) is 4.39 Å². The van der Waals surface area contributed by atoms with Crippen LogP contribution >= 0.6 is 11.6 Å². The molecular formula is C16H15ClFN5O. The van der Waals surface area contributed by atoms with Gasteiger partial charge >= 0.3 is 0 Å². The zero-order valence-corrected chi connectivity index (χ0v) is 13.5. The Morgan fingerprint density at radius 2 is 2.29 bits per heavy atom. The summed E-state index contributed by atoms with van der Waals surface area (Å²) in [5.74, 6) is 0.501. The first kappa shape index (κ1) is 15.3. The lowest BCUT2D eigenvalue weighted by molar-refractivity contribution is 0.187. The van der Waals surface area contributed by atoms with Crippen LogP contribution in [0.3, 0.4) is 0 Å². The molecule has 24 heavy (non-hydrogen) atoms. The summed E-state index contributed by atoms with van der Waals surface area (Å²) in [6.07, 6.45) is 5.45. The van der Waals surface area contributed by atoms with Crippen molar-refractivity contribution >= 4 is 28.5 Å². The Hall–Kier alpha value is -2.25. The number of nitrogens with zero attached hydrogens (tertiary/aromatic N) is 3. The summed E-state index contributed by atoms with van der Waals surface area (Å²) < 4.78 is 19.3. The monoisotopic (exact) mass is 347 g/mol. The lowest BCUT2D eigenvalue weighted by Gasteiger charge is -2.11. The highest BCUT2D eigenvalue weighted by Gasteiger charge is 2.17. The summed E-state index contributed by atoms with van der Waals surface area (Å²) in [6, 6.07) is 1.78. The quantitative estimate of drug-likeness (QED) is 0.757. The molecule has 1 saturated heterocycles. The number of hydrogen-bond acceptors (Lipinski definition) is 5. The predicted molar refractivity (Wildman–Crippen MR) is 89.5 cm³/mol. The van der Waals surface area contributed by atoms with Gasteiger partial charge < -0.3 is 15.0 Å². The number of aromatic amines is 1. The average Bonchev–Trinajstić information content (AvgIpc) is 3.23. The van der Waals surface area contributed by atoms with Gasteiger partial charge in [0.2, 0.25) is 0 Å². The van der Waals surface area contributed by atoms with Gasteiger partial charge in [0.05, 0.1) is 17.8 Å². The van der Waals surface area contributed by atoms with E-state index in [0.717, 1.165) is 24.0 Å². The van der Waals surface area contributed by atoms with Gasteiger partial charge in [-0.2, -0.15) is 0 Å². The van der Waals surface area contributed by atoms with E-state index in [1.54, 1.807) is 18.5 Å². The lowest BCUT2D eigenvalue weighted by atomic mass is 10.1. The van der Waals surface area contributed by atoms with Crippen LogP contribution in [0.5, 0.6) is 0 Å². The van der Waals surface area contributed by atoms with Gasteiger partial charge in [0.25, 0.3) is 0 Å². The molecule has 1 aliphatic heterocycles. The van der Waals surface area contributed by atoms with Crippen LogP contribution in [0.4, 0.5) is 10.2 Å². The standard InChI is InChI=1S/C16H15ClFN5O/c17-10-3-11-12(6-21-14(11)20-5-10)15-22-7-13(18)16(23-15)19-4-9-1-2-24-8-9/h3,5-7,9H,1-2,4,8H2,(H,20,21)(H,19,22,23). The fourth-order valence-corrected chi connectivity index (χ4v) is 2.93. The van der Waals surface area contributed by atoms with E-state index in [1.807, 2.05) is 0 Å². The van der Waals surface area contributed by atoms with E-state index in [0.29, 0.717) is 35.6 Å². The van der Waals surface area contributed by atoms with Crippen LogP contribution in [0, 0.1) is 11.7 Å². The maximum Gasteiger partial charge on any atom is 0.183 e. The summed E-state index contributed by atoms with van der Waals surface area (Å²) in [5, 5.41) is 4.37. The molecule has 0 bridgehead atoms. The zero-order chi connectivity index (χ0) is 16.5. The molecule has 1 aliphatic rings. The molecule has 0 radical (unpaired) electrons. The molecule has 8 heteroatoms. The van der Waals surface area contributed by atoms with Gasteiger partial charge in [-0.25, -0.2) is 19.3 Å². The number of rotatable bonds is 4. The van der Waals surface area contributed by atoms with E-state index < -0.39 is 5.82 Å². The molecule has 1 unspecified atom stereocenters. The Labute approximate surface area is 142 Å². The summed E-state index contributed by atoms with van der Waals surface area (Å²) in [4.78, 5) is 15.7. The van der Waals surface area contributed by atoms with Crippen molar-refractivity contribution in [3.05, 3.63) is 35.5 Å². The SMILES string of the molecule is Fc1cnc(-c2c[nH]c3ncc(Cl)cc23)nc1NCC1CCOC1. The zero-order valence-electron chi connectivity index (χ0n) is 12.7. The van der Waals surface area contributed by atoms with Crippen LogP contribution in [-0.4, -0.2) is 39.7 Å². The highest BCUT2D eigenvalue weighted by molar-refractivity contribution is 6.31. The maximum atomic E-state index is 14.0. The van der Waals surface area contributed by atoms with Crippen molar-refractivity contribution in [3.8, 4) is 11.4 Å². The topological polar surface area (TPSA) is 75.7 Å². The third-order valence-electron chi connectivity index (χ3n) is 4.06. The summed E-state index contributed by atoms with van der Waals surface area (Å²) in [5.41, 5.74) is 1.41. The molecule has 0 amide bonds. The van der Waals surface area contributed by atoms with Gasteiger partial charge in [0.15, 0.2) is 17.5 Å². The fraction of sp³-hybridized carbons (Fsp3) is 0.312. The smallest absolute Gasteiger partial charge is 0.183 e. The van der Waals surface area contributed by atoms with E-state index in [2.05, 4.69) is 25.3 Å². The average molecular weight is 348 g/mol. The molecule has 1 atom stereocenters. The minimum Gasteiger partial charge on any atom is -0.381 e. The summed E-state index contributed by atoms with van der Waals surface area (Å²) >= 11 is 6.01. The molecule has 0 spiro atoms. The molecule has 4 heterocycles. The van der Waals surface area contributed by atoms with Crippen molar-refractivity contribution in [1.29, 1.82) is 0 Å². The van der Waals surface area contributed by atoms with Crippen molar-refractivity contribution in [1.82, 2.24) is 19.9 Å². The van der Waals surface area contributed by atoms with Crippen LogP contribution in [0.1, 0.15) is 6.42 Å². The van der Waals surface area contributed by atoms with Gasteiger partial charge in [0.1, 0.15) is 5.65 Å². The molecule has 0 aromatic carbocycles. The molecule has 0 aliphatic carbocycles. The number of hydrogen-bond donors (Lipinski definition) is 2. The van der Waals surface area contributed by atoms with Gasteiger partial charge in [-0.3, -0.25) is 0 Å². The summed E-state index contributed by atoms with van der Waals surface area (Å²) in [7, 11) is 0. The normalized spacial score (nSPS) is 17.5. The van der Waals surface area contributed by atoms with Crippen molar-refractivity contribution in [3.63, 3.8) is 0 Å². The molecule has 3 aromatic rings. The van der Waals surface area contributed by atoms with Crippen LogP contribution in [-0.2, 0) is 4.74 Å². The highest BCUT2D eigenvalue weighted by Crippen LogP contribution is 2.28. The van der Waals surface area contributed by atoms with Crippen molar-refractivity contribution in [2.24, 2.45) is 5.92 Å². The Kier molecular flexibility index (Phi) is 4.03. The molecule has 6 nitrogen and oxygen atoms in total. The van der Waals surface area contributed by atoms with E-state index in [4.69, 9.17) is 16.3 Å². The number of pyridine rings is 1. The van der Waals surface area contributed by atoms with E-state index >= 15 is 0 Å². The van der Waals surface area contributed by atoms with Crippen LogP contribution in [0.25, 0.3) is 22.4 Å². The van der Waals surface area contributed by atoms with Gasteiger partial charge in [-0.05, 0) is 12.5 Å². The van der Waals surface area contributed by atoms with Crippen molar-refractivity contribution in [2.75, 3.05) is 25.1 Å². The summed E-state index contributed by atoms with van der Waals surface area (Å²) in [6.45, 7) is 2.07. The van der Waals surface area contributed by atoms with Gasteiger partial charge in [-0.1, -0.05) is 11.6 Å². The Morgan fingerprint density at radius 1 is 1.38 bits per heavy atom. The lowest BCUT2D eigenvalue weighted by Crippen LogP contribution is -2.16. The minimum absolute atomic E-state index is 0.191. The van der Waals surface area contributed by atoms with E-state index in [1.165, 1.54) is 6.20 Å². The molecule has 4 rings (SSSR count). The number of fused-ring (bicyclic) bond motifs is 1. The molecule has 1 fully saturated rings. The molecule has 2 N–H and O–H groups in total. The minimum atomic E-state index is -0.478. The molecule has 124 valence electrons. The second-order valence-electron chi connectivity index (χ2n) is 5.75. The fourth-order valence-electron chi connectivity index (χ4n) is 2.77. The van der Waals surface area contributed by atoms with Gasteiger partial charge in [-0.15, -0.1) is 0 Å². The van der Waals surface area contributed by atoms with Crippen LogP contribution < -0.4 is 5.32 Å². The first-order valence-corrected chi connectivity index (χ1v) is 8.05. The molecule has 3 aromatic heterocycles. The second kappa shape index (κ2) is 6.33. The van der Waals surface area contributed by atoms with Gasteiger partial charge in [0, 0.05) is 42.4 Å². The van der Waals surface area contributed by atoms with Crippen molar-refractivity contribution in [2.45, 2.75) is 6.42 Å². The van der Waals surface area contributed by atoms with Crippen LogP contribution in [0.15, 0.2) is 24.7 Å².